The smallest absolute Gasteiger partial charge is 0.144 e. The Labute approximate surface area is 196 Å². The van der Waals surface area contributed by atoms with Gasteiger partial charge in [-0.25, -0.2) is 9.97 Å². The Hall–Kier alpha value is -4.50. The van der Waals surface area contributed by atoms with E-state index in [1.54, 1.807) is 6.33 Å². The molecule has 0 amide bonds. The first kappa shape index (κ1) is 19.0. The summed E-state index contributed by atoms with van der Waals surface area (Å²) in [6, 6.07) is 33.8. The predicted molar refractivity (Wildman–Crippen MR) is 140 cm³/mol. The number of hydrogen-bond donors (Lipinski definition) is 0. The minimum atomic E-state index is 0.854. The lowest BCUT2D eigenvalue weighted by Crippen LogP contribution is -1.91. The molecule has 2 heterocycles. The van der Waals surface area contributed by atoms with Crippen molar-refractivity contribution in [1.29, 1.82) is 0 Å². The maximum absolute atomic E-state index is 6.50. The lowest BCUT2D eigenvalue weighted by atomic mass is 9.98. The van der Waals surface area contributed by atoms with Crippen molar-refractivity contribution in [2.45, 2.75) is 6.92 Å². The minimum Gasteiger partial charge on any atom is -0.455 e. The highest BCUT2D eigenvalue weighted by Gasteiger charge is 2.17. The van der Waals surface area contributed by atoms with E-state index in [1.807, 2.05) is 6.07 Å². The number of nitrogens with zero attached hydrogens (tertiary/aromatic N) is 2. The molecule has 0 saturated carbocycles. The minimum absolute atomic E-state index is 0.854. The molecule has 3 nitrogen and oxygen atoms in total. The summed E-state index contributed by atoms with van der Waals surface area (Å²) in [7, 11) is 0. The Balaban J connectivity index is 1.49. The third kappa shape index (κ3) is 2.77. The molecule has 7 rings (SSSR count). The maximum atomic E-state index is 6.50. The summed E-state index contributed by atoms with van der Waals surface area (Å²) >= 11 is 0. The van der Waals surface area contributed by atoms with Crippen molar-refractivity contribution < 1.29 is 4.42 Å². The summed E-state index contributed by atoms with van der Waals surface area (Å²) in [5.74, 6) is 0. The normalized spacial score (nSPS) is 11.7. The lowest BCUT2D eigenvalue weighted by molar-refractivity contribution is 0.670. The molecule has 0 N–H and O–H groups in total. The van der Waals surface area contributed by atoms with Crippen LogP contribution in [0.3, 0.4) is 0 Å². The van der Waals surface area contributed by atoms with Crippen LogP contribution in [0.4, 0.5) is 0 Å². The number of aromatic nitrogens is 2. The Morgan fingerprint density at radius 2 is 1.38 bits per heavy atom. The van der Waals surface area contributed by atoms with E-state index < -0.39 is 0 Å². The summed E-state index contributed by atoms with van der Waals surface area (Å²) in [5, 5.41) is 5.59. The van der Waals surface area contributed by atoms with Crippen LogP contribution in [0.25, 0.3) is 66.0 Å². The van der Waals surface area contributed by atoms with E-state index in [-0.39, 0.29) is 0 Å². The van der Waals surface area contributed by atoms with Crippen LogP contribution in [-0.4, -0.2) is 9.97 Å². The monoisotopic (exact) mass is 436 g/mol. The van der Waals surface area contributed by atoms with Crippen LogP contribution in [0.5, 0.6) is 0 Å². The topological polar surface area (TPSA) is 38.9 Å². The van der Waals surface area contributed by atoms with Crippen LogP contribution in [-0.2, 0) is 0 Å². The molecule has 0 bridgehead atoms. The zero-order chi connectivity index (χ0) is 22.6. The van der Waals surface area contributed by atoms with Crippen molar-refractivity contribution in [2.75, 3.05) is 0 Å². The van der Waals surface area contributed by atoms with Gasteiger partial charge in [0.2, 0.25) is 0 Å². The van der Waals surface area contributed by atoms with Crippen molar-refractivity contribution in [3.63, 3.8) is 0 Å². The number of benzene rings is 5. The van der Waals surface area contributed by atoms with E-state index in [1.165, 1.54) is 16.5 Å². The van der Waals surface area contributed by atoms with E-state index in [9.17, 15) is 0 Å². The zero-order valence-corrected chi connectivity index (χ0v) is 18.6. The highest BCUT2D eigenvalue weighted by molar-refractivity contribution is 6.14. The summed E-state index contributed by atoms with van der Waals surface area (Å²) in [4.78, 5) is 9.38. The fourth-order valence-corrected chi connectivity index (χ4v) is 5.05. The van der Waals surface area contributed by atoms with E-state index in [2.05, 4.69) is 103 Å². The number of para-hydroxylation sites is 1. The molecule has 0 unspecified atom stereocenters. The first-order valence-corrected chi connectivity index (χ1v) is 11.4. The molecule has 0 spiro atoms. The number of aryl methyl sites for hydroxylation is 1. The van der Waals surface area contributed by atoms with Crippen molar-refractivity contribution >= 4 is 43.6 Å². The molecule has 34 heavy (non-hydrogen) atoms. The third-order valence-corrected chi connectivity index (χ3v) is 6.74. The first-order valence-electron chi connectivity index (χ1n) is 11.4. The second-order valence-electron chi connectivity index (χ2n) is 8.72. The van der Waals surface area contributed by atoms with Crippen molar-refractivity contribution in [3.8, 4) is 22.4 Å². The molecule has 0 atom stereocenters. The summed E-state index contributed by atoms with van der Waals surface area (Å²) in [6.45, 7) is 2.13. The molecule has 5 aromatic carbocycles. The highest BCUT2D eigenvalue weighted by atomic mass is 16.3. The van der Waals surface area contributed by atoms with Crippen LogP contribution in [0.15, 0.2) is 108 Å². The molecule has 160 valence electrons. The van der Waals surface area contributed by atoms with Crippen molar-refractivity contribution in [1.82, 2.24) is 9.97 Å². The standard InChI is InChI=1S/C31H20N2O/c1-19-7-5-10-24-22(19)15-16-26-29(24)32-18-33-30(26)27-12-6-11-25-23-14-13-21(17-28(23)34-31(25)27)20-8-3-2-4-9-20/h2-18H,1H3. The lowest BCUT2D eigenvalue weighted by Gasteiger charge is -2.09. The van der Waals surface area contributed by atoms with Gasteiger partial charge in [-0.1, -0.05) is 72.8 Å². The van der Waals surface area contributed by atoms with Gasteiger partial charge in [-0.2, -0.15) is 0 Å². The first-order chi connectivity index (χ1) is 16.8. The zero-order valence-electron chi connectivity index (χ0n) is 18.6. The van der Waals surface area contributed by atoms with Gasteiger partial charge in [-0.15, -0.1) is 0 Å². The Bertz CT molecular complexity index is 1870. The molecule has 0 fully saturated rings. The Kier molecular flexibility index (Phi) is 4.06. The molecule has 0 aliphatic heterocycles. The van der Waals surface area contributed by atoms with Crippen LogP contribution < -0.4 is 0 Å². The van der Waals surface area contributed by atoms with Gasteiger partial charge in [0.15, 0.2) is 0 Å². The van der Waals surface area contributed by atoms with E-state index >= 15 is 0 Å². The summed E-state index contributed by atoms with van der Waals surface area (Å²) in [6.07, 6.45) is 1.66. The number of fused-ring (bicyclic) bond motifs is 6. The van der Waals surface area contributed by atoms with Gasteiger partial charge < -0.3 is 4.42 Å². The number of furan rings is 1. The Morgan fingerprint density at radius 1 is 0.588 bits per heavy atom. The summed E-state index contributed by atoms with van der Waals surface area (Å²) in [5.41, 5.74) is 8.13. The largest absolute Gasteiger partial charge is 0.455 e. The van der Waals surface area contributed by atoms with Gasteiger partial charge in [0.1, 0.15) is 17.5 Å². The molecule has 0 radical (unpaired) electrons. The van der Waals surface area contributed by atoms with E-state index in [0.717, 1.165) is 55.0 Å². The van der Waals surface area contributed by atoms with Gasteiger partial charge in [-0.3, -0.25) is 0 Å². The third-order valence-electron chi connectivity index (χ3n) is 6.74. The molecular formula is C31H20N2O. The fourth-order valence-electron chi connectivity index (χ4n) is 5.05. The van der Waals surface area contributed by atoms with Gasteiger partial charge in [0, 0.05) is 27.1 Å². The predicted octanol–water partition coefficient (Wildman–Crippen LogP) is 8.32. The molecule has 0 aliphatic carbocycles. The van der Waals surface area contributed by atoms with E-state index in [0.29, 0.717) is 0 Å². The maximum Gasteiger partial charge on any atom is 0.144 e. The van der Waals surface area contributed by atoms with Gasteiger partial charge >= 0.3 is 0 Å². The molecule has 0 saturated heterocycles. The molecule has 0 aliphatic rings. The second-order valence-corrected chi connectivity index (χ2v) is 8.72. The Morgan fingerprint density at radius 3 is 2.29 bits per heavy atom. The van der Waals surface area contributed by atoms with Crippen molar-refractivity contribution in [2.24, 2.45) is 0 Å². The molecule has 7 aromatic rings. The van der Waals surface area contributed by atoms with Gasteiger partial charge in [0.05, 0.1) is 11.2 Å². The number of rotatable bonds is 2. The fraction of sp³-hybridized carbons (Fsp3) is 0.0323. The van der Waals surface area contributed by atoms with Crippen LogP contribution in [0.2, 0.25) is 0 Å². The molecular weight excluding hydrogens is 416 g/mol. The quantitative estimate of drug-likeness (QED) is 0.256. The highest BCUT2D eigenvalue weighted by Crippen LogP contribution is 2.39. The van der Waals surface area contributed by atoms with E-state index in [4.69, 9.17) is 9.40 Å². The SMILES string of the molecule is Cc1cccc2c1ccc1c(-c3cccc4c3oc3cc(-c5ccccc5)ccc34)ncnc12. The van der Waals surface area contributed by atoms with Crippen LogP contribution >= 0.6 is 0 Å². The molecule has 2 aromatic heterocycles. The van der Waals surface area contributed by atoms with Crippen molar-refractivity contribution in [3.05, 3.63) is 109 Å². The van der Waals surface area contributed by atoms with Gasteiger partial charge in [0.25, 0.3) is 0 Å². The van der Waals surface area contributed by atoms with Crippen LogP contribution in [0, 0.1) is 6.92 Å². The van der Waals surface area contributed by atoms with Crippen LogP contribution in [0.1, 0.15) is 5.56 Å². The number of hydrogen-bond acceptors (Lipinski definition) is 3. The average molecular weight is 437 g/mol. The van der Waals surface area contributed by atoms with Gasteiger partial charge in [-0.05, 0) is 53.3 Å². The average Bonchev–Trinajstić information content (AvgIpc) is 3.27. The summed E-state index contributed by atoms with van der Waals surface area (Å²) < 4.78 is 6.50. The second kappa shape index (κ2) is 7.26. The molecule has 3 heteroatoms.